The van der Waals surface area contributed by atoms with Gasteiger partial charge in [0.25, 0.3) is 0 Å². The van der Waals surface area contributed by atoms with Crippen LogP contribution in [0, 0.1) is 17.0 Å². The minimum Gasteiger partial charge on any atom is -0.493 e. The average molecular weight is 608 g/mol. The molecule has 0 saturated carbocycles. The number of methoxy groups -OCH3 is 1. The molecule has 3 aromatic rings. The summed E-state index contributed by atoms with van der Waals surface area (Å²) in [6, 6.07) is 5.73. The number of aromatic nitrogens is 1. The fourth-order valence-electron chi connectivity index (χ4n) is 5.76. The van der Waals surface area contributed by atoms with E-state index in [1.54, 1.807) is 13.2 Å². The number of halogens is 2. The summed E-state index contributed by atoms with van der Waals surface area (Å²) >= 11 is 1.40. The van der Waals surface area contributed by atoms with Crippen molar-refractivity contribution in [3.63, 3.8) is 0 Å². The topological polar surface area (TPSA) is 126 Å². The van der Waals surface area contributed by atoms with E-state index >= 15 is 0 Å². The summed E-state index contributed by atoms with van der Waals surface area (Å²) < 4.78 is 40.5. The van der Waals surface area contributed by atoms with Crippen LogP contribution in [0.1, 0.15) is 35.4 Å². The number of hydrogen-bond donors (Lipinski definition) is 3. The lowest BCUT2D eigenvalue weighted by Crippen LogP contribution is -2.49. The minimum atomic E-state index is -1.25. The van der Waals surface area contributed by atoms with E-state index in [1.807, 2.05) is 13.1 Å². The second-order valence-electron chi connectivity index (χ2n) is 11.2. The minimum absolute atomic E-state index is 0.0355. The van der Waals surface area contributed by atoms with E-state index in [1.165, 1.54) is 11.3 Å². The molecule has 2 aromatic carbocycles. The number of likely N-dealkylation sites (N-methyl/N-ethyl adjacent to an activating group) is 1. The summed E-state index contributed by atoms with van der Waals surface area (Å²) in [5.41, 5.74) is 0.360. The molecule has 42 heavy (non-hydrogen) atoms. The van der Waals surface area contributed by atoms with E-state index in [9.17, 15) is 33.7 Å². The van der Waals surface area contributed by atoms with Gasteiger partial charge in [-0.2, -0.15) is 0 Å². The standard InChI is InChI=1S/C30H36F2N2O7S/c1-34(7-9-35,8-10-36)6-3-11-41-25-14-23-26(15-24(25)40-2)42-28(33-23)5-4-27(37)30(18-29(38)39)16-19-12-21(31)22(32)13-20(19)17-30/h12-15,35-36H,3-11,16-18H2,1-2H3/p+1. The van der Waals surface area contributed by atoms with Crippen molar-refractivity contribution >= 4 is 33.3 Å². The molecule has 0 atom stereocenters. The van der Waals surface area contributed by atoms with Crippen LogP contribution in [0.25, 0.3) is 10.2 Å². The number of carbonyl (C=O) groups excluding carboxylic acids is 1. The van der Waals surface area contributed by atoms with Crippen molar-refractivity contribution in [2.75, 3.05) is 53.6 Å². The molecule has 3 N–H and O–H groups in total. The third-order valence-electron chi connectivity index (χ3n) is 8.04. The maximum absolute atomic E-state index is 13.8. The first-order valence-electron chi connectivity index (χ1n) is 13.9. The summed E-state index contributed by atoms with van der Waals surface area (Å²) in [6.07, 6.45) is 0.734. The van der Waals surface area contributed by atoms with E-state index < -0.39 is 29.4 Å². The quantitative estimate of drug-likeness (QED) is 0.167. The lowest BCUT2D eigenvalue weighted by atomic mass is 9.76. The largest absolute Gasteiger partial charge is 0.493 e. The number of rotatable bonds is 16. The molecule has 0 bridgehead atoms. The smallest absolute Gasteiger partial charge is 0.304 e. The molecule has 1 heterocycles. The van der Waals surface area contributed by atoms with Crippen LogP contribution >= 0.6 is 11.3 Å². The van der Waals surface area contributed by atoms with Crippen molar-refractivity contribution in [2.45, 2.75) is 38.5 Å². The number of aliphatic hydroxyl groups excluding tert-OH is 2. The Morgan fingerprint density at radius 1 is 1.02 bits per heavy atom. The van der Waals surface area contributed by atoms with Gasteiger partial charge in [-0.05, 0) is 36.1 Å². The zero-order valence-corrected chi connectivity index (χ0v) is 24.6. The van der Waals surface area contributed by atoms with E-state index in [2.05, 4.69) is 4.98 Å². The van der Waals surface area contributed by atoms with Crippen LogP contribution in [0.5, 0.6) is 11.5 Å². The van der Waals surface area contributed by atoms with Crippen LogP contribution in [0.15, 0.2) is 24.3 Å². The number of carboxylic acid groups (broad SMARTS) is 1. The number of aryl methyl sites for hydroxylation is 1. The number of hydrogen-bond acceptors (Lipinski definition) is 8. The molecule has 12 heteroatoms. The molecule has 9 nitrogen and oxygen atoms in total. The third-order valence-corrected chi connectivity index (χ3v) is 9.12. The van der Waals surface area contributed by atoms with Crippen LogP contribution in [0.2, 0.25) is 0 Å². The van der Waals surface area contributed by atoms with Crippen molar-refractivity contribution in [2.24, 2.45) is 5.41 Å². The van der Waals surface area contributed by atoms with Crippen molar-refractivity contribution < 1.29 is 47.6 Å². The molecular weight excluding hydrogens is 570 g/mol. The summed E-state index contributed by atoms with van der Waals surface area (Å²) in [7, 11) is 3.53. The maximum atomic E-state index is 13.8. The second kappa shape index (κ2) is 13.4. The summed E-state index contributed by atoms with van der Waals surface area (Å²) in [5.74, 6) is -2.36. The van der Waals surface area contributed by atoms with Gasteiger partial charge in [-0.1, -0.05) is 0 Å². The van der Waals surface area contributed by atoms with Gasteiger partial charge >= 0.3 is 5.97 Å². The third kappa shape index (κ3) is 7.23. The monoisotopic (exact) mass is 607 g/mol. The molecular formula is C30H37F2N2O7S+. The Hall–Kier alpha value is -3.19. The van der Waals surface area contributed by atoms with Gasteiger partial charge in [-0.3, -0.25) is 9.59 Å². The zero-order valence-electron chi connectivity index (χ0n) is 23.8. The highest BCUT2D eigenvalue weighted by molar-refractivity contribution is 7.18. The van der Waals surface area contributed by atoms with Crippen LogP contribution in [0.3, 0.4) is 0 Å². The number of thiazole rings is 1. The molecule has 0 fully saturated rings. The Morgan fingerprint density at radius 3 is 2.24 bits per heavy atom. The predicted molar refractivity (Wildman–Crippen MR) is 153 cm³/mol. The first-order chi connectivity index (χ1) is 20.0. The van der Waals surface area contributed by atoms with Crippen molar-refractivity contribution in [1.82, 2.24) is 4.98 Å². The van der Waals surface area contributed by atoms with Crippen LogP contribution in [-0.4, -0.2) is 90.2 Å². The van der Waals surface area contributed by atoms with Crippen LogP contribution < -0.4 is 9.47 Å². The van der Waals surface area contributed by atoms with Gasteiger partial charge in [-0.15, -0.1) is 11.3 Å². The maximum Gasteiger partial charge on any atom is 0.304 e. The van der Waals surface area contributed by atoms with Gasteiger partial charge in [0.05, 0.1) is 62.2 Å². The van der Waals surface area contributed by atoms with Gasteiger partial charge < -0.3 is 29.3 Å². The van der Waals surface area contributed by atoms with Crippen molar-refractivity contribution in [1.29, 1.82) is 0 Å². The summed E-state index contributed by atoms with van der Waals surface area (Å²) in [5, 5.41) is 28.9. The van der Waals surface area contributed by atoms with Gasteiger partial charge in [0.2, 0.25) is 0 Å². The van der Waals surface area contributed by atoms with Crippen molar-refractivity contribution in [3.05, 3.63) is 52.0 Å². The number of carboxylic acids is 1. The number of ether oxygens (including phenoxy) is 2. The number of ketones is 1. The second-order valence-corrected chi connectivity index (χ2v) is 12.3. The van der Waals surface area contributed by atoms with Crippen molar-refractivity contribution in [3.8, 4) is 11.5 Å². The summed E-state index contributed by atoms with van der Waals surface area (Å²) in [6.45, 7) is 2.28. The number of aliphatic hydroxyl groups is 2. The number of carbonyl (C=O) groups is 2. The SMILES string of the molecule is COc1cc2sc(CCC(=O)C3(CC(=O)O)Cc4cc(F)c(F)cc4C3)nc2cc1OCCC[N+](C)(CCO)CCO. The molecule has 1 aliphatic rings. The average Bonchev–Trinajstić information content (AvgIpc) is 3.49. The first-order valence-corrected chi connectivity index (χ1v) is 14.7. The number of fused-ring (bicyclic) bond motifs is 2. The Balaban J connectivity index is 1.43. The molecule has 0 aliphatic heterocycles. The van der Waals surface area contributed by atoms with E-state index in [0.29, 0.717) is 70.2 Å². The molecule has 0 radical (unpaired) electrons. The molecule has 0 amide bonds. The van der Waals surface area contributed by atoms with Crippen LogP contribution in [0.4, 0.5) is 8.78 Å². The lowest BCUT2D eigenvalue weighted by molar-refractivity contribution is -0.910. The number of Topliss-reactive ketones (excluding diaryl/α,β-unsaturated/α-hetero) is 1. The van der Waals surface area contributed by atoms with E-state index in [0.717, 1.165) is 23.4 Å². The van der Waals surface area contributed by atoms with Gasteiger partial charge in [-0.25, -0.2) is 13.8 Å². The number of aliphatic carboxylic acids is 1. The van der Waals surface area contributed by atoms with E-state index in [-0.39, 0.29) is 38.3 Å². The Kier molecular flexibility index (Phi) is 10.1. The van der Waals surface area contributed by atoms with Gasteiger partial charge in [0.1, 0.15) is 18.9 Å². The van der Waals surface area contributed by atoms with Gasteiger partial charge in [0.15, 0.2) is 23.1 Å². The molecule has 1 aromatic heterocycles. The highest BCUT2D eigenvalue weighted by atomic mass is 32.1. The molecule has 0 spiro atoms. The molecule has 4 rings (SSSR count). The highest BCUT2D eigenvalue weighted by Gasteiger charge is 2.45. The van der Waals surface area contributed by atoms with Gasteiger partial charge in [0, 0.05) is 36.8 Å². The Labute approximate surface area is 246 Å². The Bertz CT molecular complexity index is 1410. The zero-order chi connectivity index (χ0) is 30.5. The van der Waals surface area contributed by atoms with Crippen LogP contribution in [-0.2, 0) is 28.9 Å². The normalized spacial score (nSPS) is 14.2. The summed E-state index contributed by atoms with van der Waals surface area (Å²) in [4.78, 5) is 29.8. The predicted octanol–water partition coefficient (Wildman–Crippen LogP) is 3.54. The molecule has 0 unspecified atom stereocenters. The number of nitrogens with zero attached hydrogens (tertiary/aromatic N) is 2. The fraction of sp³-hybridized carbons (Fsp3) is 0.500. The number of benzene rings is 2. The molecule has 0 saturated heterocycles. The Morgan fingerprint density at radius 2 is 1.67 bits per heavy atom. The fourth-order valence-corrected chi connectivity index (χ4v) is 6.73. The molecule has 228 valence electrons. The first kappa shape index (κ1) is 31.7. The highest BCUT2D eigenvalue weighted by Crippen LogP contribution is 2.43. The number of quaternary nitrogens is 1. The van der Waals surface area contributed by atoms with E-state index in [4.69, 9.17) is 9.47 Å². The lowest BCUT2D eigenvalue weighted by Gasteiger charge is -2.33. The molecule has 1 aliphatic carbocycles.